The van der Waals surface area contributed by atoms with Crippen LogP contribution in [0.1, 0.15) is 23.6 Å². The summed E-state index contributed by atoms with van der Waals surface area (Å²) < 4.78 is 27.3. The Hall–Kier alpha value is -0.950. The van der Waals surface area contributed by atoms with Gasteiger partial charge in [-0.05, 0) is 24.0 Å². The van der Waals surface area contributed by atoms with E-state index in [1.807, 2.05) is 24.3 Å². The van der Waals surface area contributed by atoms with E-state index in [1.165, 1.54) is 28.3 Å². The Balaban J connectivity index is 2.37. The maximum atomic E-state index is 12.4. The minimum atomic E-state index is -3.52. The first-order valence-electron chi connectivity index (χ1n) is 6.36. The van der Waals surface area contributed by atoms with Crippen LogP contribution in [0.15, 0.2) is 24.3 Å². The maximum absolute atomic E-state index is 12.4. The summed E-state index contributed by atoms with van der Waals surface area (Å²) in [6.07, 6.45) is 1.65. The van der Waals surface area contributed by atoms with E-state index in [0.717, 1.165) is 18.4 Å². The Morgan fingerprint density at radius 1 is 1.32 bits per heavy atom. The SMILES string of the molecule is CN(C)S(=O)(=O)N(CCO)C1CCc2ccccc21. The third kappa shape index (κ3) is 2.67. The van der Waals surface area contributed by atoms with Crippen molar-refractivity contribution in [3.05, 3.63) is 35.4 Å². The molecule has 0 saturated heterocycles. The first kappa shape index (κ1) is 14.5. The summed E-state index contributed by atoms with van der Waals surface area (Å²) in [4.78, 5) is 0. The molecule has 1 unspecified atom stereocenters. The van der Waals surface area contributed by atoms with Crippen LogP contribution in [0, 0.1) is 0 Å². The van der Waals surface area contributed by atoms with Gasteiger partial charge in [-0.2, -0.15) is 17.0 Å². The van der Waals surface area contributed by atoms with Gasteiger partial charge in [0.1, 0.15) is 0 Å². The summed E-state index contributed by atoms with van der Waals surface area (Å²) >= 11 is 0. The van der Waals surface area contributed by atoms with Gasteiger partial charge < -0.3 is 5.11 Å². The number of rotatable bonds is 5. The van der Waals surface area contributed by atoms with E-state index in [-0.39, 0.29) is 19.2 Å². The van der Waals surface area contributed by atoms with Crippen molar-refractivity contribution in [3.63, 3.8) is 0 Å². The van der Waals surface area contributed by atoms with E-state index in [0.29, 0.717) is 0 Å². The van der Waals surface area contributed by atoms with Gasteiger partial charge in [0.15, 0.2) is 0 Å². The normalized spacial score (nSPS) is 19.1. The van der Waals surface area contributed by atoms with Crippen LogP contribution in [0.3, 0.4) is 0 Å². The number of aliphatic hydroxyl groups is 1. The molecule has 1 aromatic carbocycles. The first-order chi connectivity index (χ1) is 8.98. The third-order valence-corrected chi connectivity index (χ3v) is 5.48. The fourth-order valence-electron chi connectivity index (χ4n) is 2.57. The molecule has 0 saturated carbocycles. The highest BCUT2D eigenvalue weighted by Crippen LogP contribution is 2.37. The highest BCUT2D eigenvalue weighted by molar-refractivity contribution is 7.86. The zero-order chi connectivity index (χ0) is 14.0. The number of fused-ring (bicyclic) bond motifs is 1. The topological polar surface area (TPSA) is 60.9 Å². The van der Waals surface area contributed by atoms with Crippen molar-refractivity contribution < 1.29 is 13.5 Å². The molecule has 106 valence electrons. The third-order valence-electron chi connectivity index (χ3n) is 3.53. The van der Waals surface area contributed by atoms with E-state index >= 15 is 0 Å². The van der Waals surface area contributed by atoms with Gasteiger partial charge in [0.2, 0.25) is 0 Å². The molecular weight excluding hydrogens is 264 g/mol. The predicted molar refractivity (Wildman–Crippen MR) is 73.9 cm³/mol. The van der Waals surface area contributed by atoms with Crippen molar-refractivity contribution in [3.8, 4) is 0 Å². The standard InChI is InChI=1S/C13H20N2O3S/c1-14(2)19(17,18)15(9-10-16)13-8-7-11-5-3-4-6-12(11)13/h3-6,13,16H,7-10H2,1-2H3. The molecular formula is C13H20N2O3S. The van der Waals surface area contributed by atoms with Gasteiger partial charge >= 0.3 is 0 Å². The highest BCUT2D eigenvalue weighted by atomic mass is 32.2. The fourth-order valence-corrected chi connectivity index (χ4v) is 3.85. The van der Waals surface area contributed by atoms with Crippen LogP contribution in [0.2, 0.25) is 0 Å². The Bertz CT molecular complexity index is 543. The summed E-state index contributed by atoms with van der Waals surface area (Å²) in [6, 6.07) is 7.74. The van der Waals surface area contributed by atoms with Crippen LogP contribution >= 0.6 is 0 Å². The molecule has 2 rings (SSSR count). The molecule has 6 heteroatoms. The fraction of sp³-hybridized carbons (Fsp3) is 0.538. The lowest BCUT2D eigenvalue weighted by molar-refractivity contribution is 0.218. The molecule has 0 bridgehead atoms. The van der Waals surface area contributed by atoms with Crippen LogP contribution in [-0.4, -0.2) is 49.4 Å². The molecule has 1 aliphatic rings. The molecule has 5 nitrogen and oxygen atoms in total. The van der Waals surface area contributed by atoms with Crippen LogP contribution in [-0.2, 0) is 16.6 Å². The smallest absolute Gasteiger partial charge is 0.282 e. The average Bonchev–Trinajstić information content (AvgIpc) is 2.79. The molecule has 1 aromatic rings. The summed E-state index contributed by atoms with van der Waals surface area (Å²) in [5.74, 6) is 0. The summed E-state index contributed by atoms with van der Waals surface area (Å²) in [5, 5.41) is 9.17. The van der Waals surface area contributed by atoms with Gasteiger partial charge in [0.05, 0.1) is 12.6 Å². The summed E-state index contributed by atoms with van der Waals surface area (Å²) in [7, 11) is -0.492. The van der Waals surface area contributed by atoms with Gasteiger partial charge in [-0.3, -0.25) is 0 Å². The minimum Gasteiger partial charge on any atom is -0.395 e. The Morgan fingerprint density at radius 2 is 2.00 bits per heavy atom. The second kappa shape index (κ2) is 5.58. The minimum absolute atomic E-state index is 0.125. The first-order valence-corrected chi connectivity index (χ1v) is 7.76. The summed E-state index contributed by atoms with van der Waals surface area (Å²) in [6.45, 7) is -0.0503. The molecule has 0 aliphatic heterocycles. The van der Waals surface area contributed by atoms with Crippen molar-refractivity contribution in [2.45, 2.75) is 18.9 Å². The highest BCUT2D eigenvalue weighted by Gasteiger charge is 2.35. The van der Waals surface area contributed by atoms with Crippen LogP contribution in [0.4, 0.5) is 0 Å². The van der Waals surface area contributed by atoms with Crippen molar-refractivity contribution in [1.82, 2.24) is 8.61 Å². The molecule has 19 heavy (non-hydrogen) atoms. The quantitative estimate of drug-likeness (QED) is 0.869. The van der Waals surface area contributed by atoms with Crippen molar-refractivity contribution in [1.29, 1.82) is 0 Å². The van der Waals surface area contributed by atoms with E-state index in [9.17, 15) is 8.42 Å². The molecule has 0 heterocycles. The molecule has 0 spiro atoms. The van der Waals surface area contributed by atoms with E-state index in [4.69, 9.17) is 5.11 Å². The molecule has 0 fully saturated rings. The van der Waals surface area contributed by atoms with Crippen LogP contribution in [0.5, 0.6) is 0 Å². The lowest BCUT2D eigenvalue weighted by Gasteiger charge is -2.30. The predicted octanol–water partition coefficient (Wildman–Crippen LogP) is 0.775. The zero-order valence-corrected chi connectivity index (χ0v) is 12.1. The lowest BCUT2D eigenvalue weighted by Crippen LogP contribution is -2.43. The van der Waals surface area contributed by atoms with Crippen molar-refractivity contribution in [2.75, 3.05) is 27.2 Å². The number of hydrogen-bond acceptors (Lipinski definition) is 3. The van der Waals surface area contributed by atoms with Crippen LogP contribution < -0.4 is 0 Å². The van der Waals surface area contributed by atoms with Gasteiger partial charge in [-0.25, -0.2) is 0 Å². The zero-order valence-electron chi connectivity index (χ0n) is 11.3. The Labute approximate surface area is 114 Å². The van der Waals surface area contributed by atoms with Gasteiger partial charge in [0.25, 0.3) is 10.2 Å². The molecule has 0 aromatic heterocycles. The van der Waals surface area contributed by atoms with Gasteiger partial charge in [-0.15, -0.1) is 0 Å². The molecule has 1 N–H and O–H groups in total. The van der Waals surface area contributed by atoms with E-state index in [1.54, 1.807) is 0 Å². The Kier molecular flexibility index (Phi) is 4.25. The van der Waals surface area contributed by atoms with Crippen molar-refractivity contribution >= 4 is 10.2 Å². The van der Waals surface area contributed by atoms with Crippen molar-refractivity contribution in [2.24, 2.45) is 0 Å². The van der Waals surface area contributed by atoms with E-state index in [2.05, 4.69) is 0 Å². The largest absolute Gasteiger partial charge is 0.395 e. The Morgan fingerprint density at radius 3 is 2.63 bits per heavy atom. The average molecular weight is 284 g/mol. The summed E-state index contributed by atoms with van der Waals surface area (Å²) in [5.41, 5.74) is 2.26. The van der Waals surface area contributed by atoms with E-state index < -0.39 is 10.2 Å². The number of hydrogen-bond donors (Lipinski definition) is 1. The van der Waals surface area contributed by atoms with Gasteiger partial charge in [-0.1, -0.05) is 24.3 Å². The molecule has 0 radical (unpaired) electrons. The lowest BCUT2D eigenvalue weighted by atomic mass is 10.1. The number of aliphatic hydroxyl groups excluding tert-OH is 1. The second-order valence-corrected chi connectivity index (χ2v) is 6.97. The molecule has 1 atom stereocenters. The monoisotopic (exact) mass is 284 g/mol. The number of benzene rings is 1. The van der Waals surface area contributed by atoms with Crippen LogP contribution in [0.25, 0.3) is 0 Å². The number of aryl methyl sites for hydroxylation is 1. The number of nitrogens with zero attached hydrogens (tertiary/aromatic N) is 2. The van der Waals surface area contributed by atoms with Gasteiger partial charge in [0, 0.05) is 20.6 Å². The second-order valence-electron chi connectivity index (χ2n) is 4.88. The maximum Gasteiger partial charge on any atom is 0.282 e. The molecule has 1 aliphatic carbocycles. The molecule has 0 amide bonds.